The smallest absolute Gasteiger partial charge is 0.255 e. The number of hydrogen-bond donors (Lipinski definition) is 2. The van der Waals surface area contributed by atoms with E-state index < -0.39 is 0 Å². The Bertz CT molecular complexity index is 458. The van der Waals surface area contributed by atoms with Crippen LogP contribution in [0.15, 0.2) is 18.2 Å². The minimum Gasteiger partial charge on any atom is -0.496 e. The standard InChI is InChI=1S/C15H24N2O3/c1-15(2,7-8-19-3)10-17-14(18)12-9-11(16)5-6-13(12)20-4/h5-6,9H,7-8,10,16H2,1-4H3,(H,17,18). The molecule has 1 aromatic rings. The van der Waals surface area contributed by atoms with Gasteiger partial charge in [-0.3, -0.25) is 4.79 Å². The molecule has 1 rings (SSSR count). The number of methoxy groups -OCH3 is 2. The first-order chi connectivity index (χ1) is 9.39. The number of hydrogen-bond acceptors (Lipinski definition) is 4. The maximum absolute atomic E-state index is 12.2. The van der Waals surface area contributed by atoms with E-state index in [1.807, 2.05) is 0 Å². The van der Waals surface area contributed by atoms with Gasteiger partial charge in [-0.2, -0.15) is 0 Å². The summed E-state index contributed by atoms with van der Waals surface area (Å²) in [6.07, 6.45) is 0.873. The normalized spacial score (nSPS) is 11.2. The average molecular weight is 280 g/mol. The Morgan fingerprint density at radius 1 is 1.35 bits per heavy atom. The fourth-order valence-electron chi connectivity index (χ4n) is 1.78. The molecule has 3 N–H and O–H groups in total. The fraction of sp³-hybridized carbons (Fsp3) is 0.533. The van der Waals surface area contributed by atoms with Crippen LogP contribution >= 0.6 is 0 Å². The lowest BCUT2D eigenvalue weighted by molar-refractivity contribution is 0.0918. The number of carbonyl (C=O) groups excluding carboxylic acids is 1. The van der Waals surface area contributed by atoms with Gasteiger partial charge in [-0.15, -0.1) is 0 Å². The van der Waals surface area contributed by atoms with Crippen molar-refractivity contribution in [2.24, 2.45) is 5.41 Å². The van der Waals surface area contributed by atoms with Crippen LogP contribution in [-0.4, -0.2) is 33.3 Å². The van der Waals surface area contributed by atoms with Gasteiger partial charge in [0.2, 0.25) is 0 Å². The second kappa shape index (κ2) is 7.14. The number of nitrogens with two attached hydrogens (primary N) is 1. The topological polar surface area (TPSA) is 73.6 Å². The molecule has 1 aromatic carbocycles. The number of rotatable bonds is 7. The maximum Gasteiger partial charge on any atom is 0.255 e. The second-order valence-electron chi connectivity index (χ2n) is 5.55. The number of benzene rings is 1. The molecule has 20 heavy (non-hydrogen) atoms. The third-order valence-electron chi connectivity index (χ3n) is 3.18. The Morgan fingerprint density at radius 2 is 2.05 bits per heavy atom. The molecule has 0 saturated heterocycles. The van der Waals surface area contributed by atoms with Crippen molar-refractivity contribution in [1.82, 2.24) is 5.32 Å². The molecule has 0 aromatic heterocycles. The van der Waals surface area contributed by atoms with Crippen molar-refractivity contribution >= 4 is 11.6 Å². The molecule has 5 heteroatoms. The molecule has 0 aliphatic heterocycles. The van der Waals surface area contributed by atoms with E-state index in [9.17, 15) is 4.79 Å². The third kappa shape index (κ3) is 4.74. The lowest BCUT2D eigenvalue weighted by atomic mass is 9.89. The summed E-state index contributed by atoms with van der Waals surface area (Å²) in [5.41, 5.74) is 6.68. The molecule has 0 bridgehead atoms. The Balaban J connectivity index is 2.69. The van der Waals surface area contributed by atoms with Gasteiger partial charge in [0.05, 0.1) is 12.7 Å². The summed E-state index contributed by atoms with van der Waals surface area (Å²) >= 11 is 0. The van der Waals surface area contributed by atoms with Crippen LogP contribution in [0.25, 0.3) is 0 Å². The molecule has 0 radical (unpaired) electrons. The van der Waals surface area contributed by atoms with Crippen LogP contribution in [0.4, 0.5) is 5.69 Å². The first kappa shape index (κ1) is 16.3. The highest BCUT2D eigenvalue weighted by Crippen LogP contribution is 2.22. The van der Waals surface area contributed by atoms with E-state index in [-0.39, 0.29) is 11.3 Å². The molecule has 0 saturated carbocycles. The summed E-state index contributed by atoms with van der Waals surface area (Å²) in [6.45, 7) is 5.41. The zero-order valence-electron chi connectivity index (χ0n) is 12.7. The van der Waals surface area contributed by atoms with Crippen molar-refractivity contribution in [3.05, 3.63) is 23.8 Å². The van der Waals surface area contributed by atoms with E-state index in [0.717, 1.165) is 6.42 Å². The zero-order valence-corrected chi connectivity index (χ0v) is 12.7. The van der Waals surface area contributed by atoms with E-state index in [1.165, 1.54) is 7.11 Å². The Kier molecular flexibility index (Phi) is 5.82. The SMILES string of the molecule is COCCC(C)(C)CNC(=O)c1cc(N)ccc1OC. The molecule has 0 aliphatic rings. The summed E-state index contributed by atoms with van der Waals surface area (Å²) in [5, 5.41) is 2.92. The van der Waals surface area contributed by atoms with E-state index in [4.69, 9.17) is 15.2 Å². The predicted molar refractivity (Wildman–Crippen MR) is 80.0 cm³/mol. The molecule has 0 heterocycles. The van der Waals surface area contributed by atoms with Gasteiger partial charge in [-0.05, 0) is 30.0 Å². The van der Waals surface area contributed by atoms with E-state index >= 15 is 0 Å². The summed E-state index contributed by atoms with van der Waals surface area (Å²) in [7, 11) is 3.21. The van der Waals surface area contributed by atoms with Gasteiger partial charge >= 0.3 is 0 Å². The zero-order chi connectivity index (χ0) is 15.2. The second-order valence-corrected chi connectivity index (χ2v) is 5.55. The summed E-state index contributed by atoms with van der Waals surface area (Å²) in [6, 6.07) is 5.02. The number of amides is 1. The van der Waals surface area contributed by atoms with Crippen LogP contribution in [0, 0.1) is 5.41 Å². The van der Waals surface area contributed by atoms with Crippen LogP contribution in [0.5, 0.6) is 5.75 Å². The fourth-order valence-corrected chi connectivity index (χ4v) is 1.78. The van der Waals surface area contributed by atoms with E-state index in [0.29, 0.717) is 30.2 Å². The number of ether oxygens (including phenoxy) is 2. The van der Waals surface area contributed by atoms with Gasteiger partial charge in [-0.25, -0.2) is 0 Å². The molecule has 5 nitrogen and oxygen atoms in total. The van der Waals surface area contributed by atoms with E-state index in [1.54, 1.807) is 25.3 Å². The molecule has 1 amide bonds. The van der Waals surface area contributed by atoms with Crippen molar-refractivity contribution in [3.63, 3.8) is 0 Å². The van der Waals surface area contributed by atoms with E-state index in [2.05, 4.69) is 19.2 Å². The monoisotopic (exact) mass is 280 g/mol. The minimum absolute atomic E-state index is 0.0285. The van der Waals surface area contributed by atoms with Crippen LogP contribution in [0.2, 0.25) is 0 Å². The maximum atomic E-state index is 12.2. The van der Waals surface area contributed by atoms with Gasteiger partial charge < -0.3 is 20.5 Å². The van der Waals surface area contributed by atoms with Crippen molar-refractivity contribution in [1.29, 1.82) is 0 Å². The summed E-state index contributed by atoms with van der Waals surface area (Å²) in [4.78, 5) is 12.2. The lowest BCUT2D eigenvalue weighted by Crippen LogP contribution is -2.34. The molecule has 0 fully saturated rings. The molecule has 0 aliphatic carbocycles. The lowest BCUT2D eigenvalue weighted by Gasteiger charge is -2.24. The van der Waals surface area contributed by atoms with Crippen LogP contribution in [-0.2, 0) is 4.74 Å². The Morgan fingerprint density at radius 3 is 2.65 bits per heavy atom. The Labute approximate surface area is 120 Å². The van der Waals surface area contributed by atoms with Crippen molar-refractivity contribution in [3.8, 4) is 5.75 Å². The van der Waals surface area contributed by atoms with Crippen LogP contribution in [0.3, 0.4) is 0 Å². The van der Waals surface area contributed by atoms with Crippen LogP contribution in [0.1, 0.15) is 30.6 Å². The first-order valence-electron chi connectivity index (χ1n) is 6.60. The number of nitrogens with one attached hydrogen (secondary N) is 1. The van der Waals surface area contributed by atoms with Crippen molar-refractivity contribution in [2.75, 3.05) is 33.1 Å². The predicted octanol–water partition coefficient (Wildman–Crippen LogP) is 2.07. The summed E-state index contributed by atoms with van der Waals surface area (Å²) < 4.78 is 10.3. The van der Waals surface area contributed by atoms with Gasteiger partial charge in [-0.1, -0.05) is 13.8 Å². The largest absolute Gasteiger partial charge is 0.496 e. The molecular formula is C15H24N2O3. The van der Waals surface area contributed by atoms with Crippen molar-refractivity contribution < 1.29 is 14.3 Å². The first-order valence-corrected chi connectivity index (χ1v) is 6.60. The molecule has 0 spiro atoms. The quantitative estimate of drug-likeness (QED) is 0.750. The van der Waals surface area contributed by atoms with Crippen LogP contribution < -0.4 is 15.8 Å². The molecule has 0 atom stereocenters. The molecule has 112 valence electrons. The number of nitrogen functional groups attached to an aromatic ring is 1. The third-order valence-corrected chi connectivity index (χ3v) is 3.18. The average Bonchev–Trinajstić information content (AvgIpc) is 2.42. The highest BCUT2D eigenvalue weighted by molar-refractivity contribution is 5.97. The highest BCUT2D eigenvalue weighted by atomic mass is 16.5. The molecule has 0 unspecified atom stereocenters. The van der Waals surface area contributed by atoms with Gasteiger partial charge in [0.25, 0.3) is 5.91 Å². The van der Waals surface area contributed by atoms with Gasteiger partial charge in [0, 0.05) is 25.9 Å². The minimum atomic E-state index is -0.181. The highest BCUT2D eigenvalue weighted by Gasteiger charge is 2.20. The molecular weight excluding hydrogens is 256 g/mol. The number of carbonyl (C=O) groups is 1. The number of anilines is 1. The Hall–Kier alpha value is -1.75. The van der Waals surface area contributed by atoms with Crippen molar-refractivity contribution in [2.45, 2.75) is 20.3 Å². The van der Waals surface area contributed by atoms with Gasteiger partial charge in [0.15, 0.2) is 0 Å². The summed E-state index contributed by atoms with van der Waals surface area (Å²) in [5.74, 6) is 0.339. The van der Waals surface area contributed by atoms with Gasteiger partial charge in [0.1, 0.15) is 5.75 Å².